The SMILES string of the molecule is CS(=O)(=O)O.Cn1ccnc1. The molecule has 0 unspecified atom stereocenters. The summed E-state index contributed by atoms with van der Waals surface area (Å²) in [5.41, 5.74) is 0. The molecule has 0 aliphatic rings. The van der Waals surface area contributed by atoms with Crippen LogP contribution in [-0.4, -0.2) is 28.8 Å². The van der Waals surface area contributed by atoms with Crippen molar-refractivity contribution in [1.82, 2.24) is 9.55 Å². The van der Waals surface area contributed by atoms with Crippen molar-refractivity contribution in [3.8, 4) is 0 Å². The van der Waals surface area contributed by atoms with Gasteiger partial charge in [-0.05, 0) is 0 Å². The first-order valence-electron chi connectivity index (χ1n) is 2.74. The second kappa shape index (κ2) is 4.09. The van der Waals surface area contributed by atoms with Crippen molar-refractivity contribution in [1.29, 1.82) is 0 Å². The zero-order valence-electron chi connectivity index (χ0n) is 6.30. The molecular formula is C5H10N2O3S. The van der Waals surface area contributed by atoms with Gasteiger partial charge in [-0.2, -0.15) is 8.42 Å². The predicted octanol–water partition coefficient (Wildman–Crippen LogP) is -0.0759. The Morgan fingerprint density at radius 3 is 2.09 bits per heavy atom. The highest BCUT2D eigenvalue weighted by atomic mass is 32.2. The monoisotopic (exact) mass is 178 g/mol. The van der Waals surface area contributed by atoms with Gasteiger partial charge in [0.05, 0.1) is 12.6 Å². The zero-order valence-corrected chi connectivity index (χ0v) is 7.11. The van der Waals surface area contributed by atoms with E-state index in [2.05, 4.69) is 4.98 Å². The molecule has 0 fully saturated rings. The van der Waals surface area contributed by atoms with Crippen molar-refractivity contribution < 1.29 is 13.0 Å². The van der Waals surface area contributed by atoms with Crippen LogP contribution in [-0.2, 0) is 17.2 Å². The zero-order chi connectivity index (χ0) is 8.91. The van der Waals surface area contributed by atoms with E-state index in [4.69, 9.17) is 4.55 Å². The van der Waals surface area contributed by atoms with Crippen molar-refractivity contribution in [2.45, 2.75) is 0 Å². The molecule has 0 radical (unpaired) electrons. The third-order valence-corrected chi connectivity index (χ3v) is 0.637. The van der Waals surface area contributed by atoms with Crippen LogP contribution < -0.4 is 0 Å². The quantitative estimate of drug-likeness (QED) is 0.564. The average molecular weight is 178 g/mol. The maximum absolute atomic E-state index is 9.19. The highest BCUT2D eigenvalue weighted by Gasteiger charge is 1.81. The molecule has 0 aromatic carbocycles. The molecule has 0 amide bonds. The molecule has 1 rings (SSSR count). The van der Waals surface area contributed by atoms with Gasteiger partial charge in [0.1, 0.15) is 0 Å². The summed E-state index contributed by atoms with van der Waals surface area (Å²) >= 11 is 0. The largest absolute Gasteiger partial charge is 0.341 e. The lowest BCUT2D eigenvalue weighted by Gasteiger charge is -1.76. The molecule has 1 aromatic heterocycles. The van der Waals surface area contributed by atoms with E-state index >= 15 is 0 Å². The van der Waals surface area contributed by atoms with Crippen LogP contribution >= 0.6 is 0 Å². The van der Waals surface area contributed by atoms with Gasteiger partial charge in [0.15, 0.2) is 0 Å². The predicted molar refractivity (Wildman–Crippen MR) is 40.7 cm³/mol. The van der Waals surface area contributed by atoms with Gasteiger partial charge >= 0.3 is 0 Å². The minimum absolute atomic E-state index is 0.715. The lowest BCUT2D eigenvalue weighted by atomic mass is 10.9. The summed E-state index contributed by atoms with van der Waals surface area (Å²) in [5.74, 6) is 0. The fourth-order valence-corrected chi connectivity index (χ4v) is 0.326. The summed E-state index contributed by atoms with van der Waals surface area (Å²) in [4.78, 5) is 3.78. The minimum atomic E-state index is -3.67. The molecule has 0 saturated carbocycles. The third kappa shape index (κ3) is 12.3. The van der Waals surface area contributed by atoms with Crippen molar-refractivity contribution in [2.75, 3.05) is 6.26 Å². The molecule has 5 nitrogen and oxygen atoms in total. The molecule has 0 atom stereocenters. The summed E-state index contributed by atoms with van der Waals surface area (Å²) < 4.78 is 27.8. The summed E-state index contributed by atoms with van der Waals surface area (Å²) in [6, 6.07) is 0. The molecule has 1 aromatic rings. The Labute approximate surface area is 65.4 Å². The molecule has 6 heteroatoms. The number of rotatable bonds is 0. The lowest BCUT2D eigenvalue weighted by Crippen LogP contribution is -1.88. The normalized spacial score (nSPS) is 10.1. The molecule has 0 bridgehead atoms. The summed E-state index contributed by atoms with van der Waals surface area (Å²) in [5, 5.41) is 0. The van der Waals surface area contributed by atoms with E-state index in [0.717, 1.165) is 0 Å². The first kappa shape index (κ1) is 10.1. The van der Waals surface area contributed by atoms with Crippen LogP contribution in [0.4, 0.5) is 0 Å². The smallest absolute Gasteiger partial charge is 0.261 e. The van der Waals surface area contributed by atoms with Gasteiger partial charge < -0.3 is 4.57 Å². The maximum atomic E-state index is 9.19. The van der Waals surface area contributed by atoms with E-state index in [1.165, 1.54) is 0 Å². The Balaban J connectivity index is 0.000000187. The van der Waals surface area contributed by atoms with Crippen LogP contribution in [0.15, 0.2) is 18.7 Å². The molecule has 0 spiro atoms. The third-order valence-electron chi connectivity index (χ3n) is 0.637. The van der Waals surface area contributed by atoms with E-state index in [9.17, 15) is 8.42 Å². The Hall–Kier alpha value is -0.880. The first-order chi connectivity index (χ1) is 4.89. The molecule has 11 heavy (non-hydrogen) atoms. The highest BCUT2D eigenvalue weighted by Crippen LogP contribution is 1.73. The Morgan fingerprint density at radius 2 is 2.00 bits per heavy atom. The van der Waals surface area contributed by atoms with E-state index in [1.807, 2.05) is 17.8 Å². The lowest BCUT2D eigenvalue weighted by molar-refractivity contribution is 0.490. The van der Waals surface area contributed by atoms with Crippen molar-refractivity contribution in [3.63, 3.8) is 0 Å². The van der Waals surface area contributed by atoms with Gasteiger partial charge in [0.25, 0.3) is 10.1 Å². The van der Waals surface area contributed by atoms with Crippen LogP contribution in [0.25, 0.3) is 0 Å². The average Bonchev–Trinajstić information content (AvgIpc) is 2.12. The number of nitrogens with zero attached hydrogens (tertiary/aromatic N) is 2. The molecule has 0 saturated heterocycles. The molecule has 0 aliphatic heterocycles. The van der Waals surface area contributed by atoms with Crippen molar-refractivity contribution in [3.05, 3.63) is 18.7 Å². The van der Waals surface area contributed by atoms with Crippen LogP contribution in [0.2, 0.25) is 0 Å². The maximum Gasteiger partial charge on any atom is 0.261 e. The molecule has 64 valence electrons. The fraction of sp³-hybridized carbons (Fsp3) is 0.400. The van der Waals surface area contributed by atoms with E-state index < -0.39 is 10.1 Å². The van der Waals surface area contributed by atoms with Crippen molar-refractivity contribution >= 4 is 10.1 Å². The summed E-state index contributed by atoms with van der Waals surface area (Å²) in [6.45, 7) is 0. The number of aromatic nitrogens is 2. The summed E-state index contributed by atoms with van der Waals surface area (Å²) in [7, 11) is -1.73. The van der Waals surface area contributed by atoms with Gasteiger partial charge in [0.2, 0.25) is 0 Å². The Bertz CT molecular complexity index is 269. The number of hydrogen-bond donors (Lipinski definition) is 1. The van der Waals surface area contributed by atoms with Crippen molar-refractivity contribution in [2.24, 2.45) is 7.05 Å². The minimum Gasteiger partial charge on any atom is -0.341 e. The highest BCUT2D eigenvalue weighted by molar-refractivity contribution is 7.85. The Kier molecular flexibility index (Phi) is 3.77. The van der Waals surface area contributed by atoms with Crippen LogP contribution in [0, 0.1) is 0 Å². The molecule has 1 heterocycles. The van der Waals surface area contributed by atoms with Gasteiger partial charge in [-0.15, -0.1) is 0 Å². The fourth-order valence-electron chi connectivity index (χ4n) is 0.326. The van der Waals surface area contributed by atoms with E-state index in [1.54, 1.807) is 12.5 Å². The van der Waals surface area contributed by atoms with E-state index in [-0.39, 0.29) is 0 Å². The topological polar surface area (TPSA) is 72.2 Å². The van der Waals surface area contributed by atoms with Gasteiger partial charge in [0, 0.05) is 19.4 Å². The Morgan fingerprint density at radius 1 is 1.55 bits per heavy atom. The first-order valence-corrected chi connectivity index (χ1v) is 4.59. The molecule has 1 N–H and O–H groups in total. The number of aryl methyl sites for hydroxylation is 1. The molecule has 0 aliphatic carbocycles. The van der Waals surface area contributed by atoms with E-state index in [0.29, 0.717) is 6.26 Å². The van der Waals surface area contributed by atoms with Crippen LogP contribution in [0.1, 0.15) is 0 Å². The number of hydrogen-bond acceptors (Lipinski definition) is 3. The van der Waals surface area contributed by atoms with Gasteiger partial charge in [-0.25, -0.2) is 4.98 Å². The van der Waals surface area contributed by atoms with Crippen LogP contribution in [0.3, 0.4) is 0 Å². The number of imidazole rings is 1. The standard InChI is InChI=1S/C4H6N2.CH4O3S/c1-6-3-2-5-4-6;1-5(2,3)4/h2-4H,1H3;1H3,(H,2,3,4). The van der Waals surface area contributed by atoms with Crippen LogP contribution in [0.5, 0.6) is 0 Å². The van der Waals surface area contributed by atoms with Gasteiger partial charge in [-0.1, -0.05) is 0 Å². The second-order valence-electron chi connectivity index (χ2n) is 1.96. The van der Waals surface area contributed by atoms with Gasteiger partial charge in [-0.3, -0.25) is 4.55 Å². The summed E-state index contributed by atoms with van der Waals surface area (Å²) in [6.07, 6.45) is 6.10. The second-order valence-corrected chi connectivity index (χ2v) is 3.43. The molecular weight excluding hydrogens is 168 g/mol.